The van der Waals surface area contributed by atoms with Crippen LogP contribution in [0.2, 0.25) is 0 Å². The van der Waals surface area contributed by atoms with E-state index in [1.807, 2.05) is 0 Å². The third-order valence-electron chi connectivity index (χ3n) is 1.64. The lowest BCUT2D eigenvalue weighted by Crippen LogP contribution is -2.20. The van der Waals surface area contributed by atoms with Crippen molar-refractivity contribution in [2.75, 3.05) is 7.05 Å². The average molecular weight is 246 g/mol. The molecule has 1 aromatic carbocycles. The summed E-state index contributed by atoms with van der Waals surface area (Å²) in [6.45, 7) is 0. The number of rotatable bonds is 2. The minimum Gasteiger partial charge on any atom is -0.359 e. The Bertz CT molecular complexity index is 327. The van der Waals surface area contributed by atoms with E-state index in [9.17, 15) is 9.18 Å². The zero-order chi connectivity index (χ0) is 9.84. The lowest BCUT2D eigenvalue weighted by molar-refractivity contribution is -0.120. The Morgan fingerprint density at radius 2 is 2.31 bits per heavy atom. The van der Waals surface area contributed by atoms with Crippen molar-refractivity contribution in [1.82, 2.24) is 5.32 Å². The molecule has 1 rings (SSSR count). The molecule has 0 spiro atoms. The summed E-state index contributed by atoms with van der Waals surface area (Å²) in [5, 5.41) is 2.44. The van der Waals surface area contributed by atoms with Crippen molar-refractivity contribution in [3.8, 4) is 0 Å². The summed E-state index contributed by atoms with van der Waals surface area (Å²) in [6.07, 6.45) is 0.0790. The van der Waals surface area contributed by atoms with Gasteiger partial charge in [-0.25, -0.2) is 4.39 Å². The average Bonchev–Trinajstić information content (AvgIpc) is 2.09. The maximum absolute atomic E-state index is 13.1. The van der Waals surface area contributed by atoms with Crippen molar-refractivity contribution in [2.24, 2.45) is 0 Å². The lowest BCUT2D eigenvalue weighted by atomic mass is 10.1. The monoisotopic (exact) mass is 245 g/mol. The number of halogens is 2. The Morgan fingerprint density at radius 3 is 2.85 bits per heavy atom. The number of hydrogen-bond donors (Lipinski definition) is 1. The van der Waals surface area contributed by atoms with Gasteiger partial charge in [0, 0.05) is 11.5 Å². The van der Waals surface area contributed by atoms with Crippen LogP contribution in [0, 0.1) is 5.82 Å². The van der Waals surface area contributed by atoms with E-state index in [2.05, 4.69) is 21.2 Å². The van der Waals surface area contributed by atoms with Crippen molar-refractivity contribution in [2.45, 2.75) is 6.42 Å². The minimum absolute atomic E-state index is 0.0790. The second kappa shape index (κ2) is 4.37. The SMILES string of the molecule is CNC(=O)Cc1ccc(Br)cc1F. The van der Waals surface area contributed by atoms with Gasteiger partial charge in [0.2, 0.25) is 5.91 Å². The summed E-state index contributed by atoms with van der Waals surface area (Å²) >= 11 is 3.14. The lowest BCUT2D eigenvalue weighted by Gasteiger charge is -2.02. The molecule has 13 heavy (non-hydrogen) atoms. The summed E-state index contributed by atoms with van der Waals surface area (Å²) < 4.78 is 13.8. The van der Waals surface area contributed by atoms with Crippen LogP contribution in [0.15, 0.2) is 22.7 Å². The number of hydrogen-bond acceptors (Lipinski definition) is 1. The molecule has 0 aliphatic heterocycles. The Balaban J connectivity index is 2.83. The van der Waals surface area contributed by atoms with Crippen LogP contribution in [0.25, 0.3) is 0 Å². The molecule has 0 unspecified atom stereocenters. The first-order valence-electron chi connectivity index (χ1n) is 3.78. The van der Waals surface area contributed by atoms with E-state index in [1.165, 1.54) is 13.1 Å². The standard InChI is InChI=1S/C9H9BrFNO/c1-12-9(13)4-6-2-3-7(10)5-8(6)11/h2-3,5H,4H2,1H3,(H,12,13). The highest BCUT2D eigenvalue weighted by atomic mass is 79.9. The van der Waals surface area contributed by atoms with Gasteiger partial charge in [-0.1, -0.05) is 22.0 Å². The van der Waals surface area contributed by atoms with Crippen molar-refractivity contribution in [3.05, 3.63) is 34.1 Å². The first-order valence-corrected chi connectivity index (χ1v) is 4.57. The molecule has 70 valence electrons. The van der Waals surface area contributed by atoms with Crippen LogP contribution in [0.5, 0.6) is 0 Å². The molecule has 0 bridgehead atoms. The predicted molar refractivity (Wildman–Crippen MR) is 51.9 cm³/mol. The molecule has 0 heterocycles. The van der Waals surface area contributed by atoms with Crippen molar-refractivity contribution < 1.29 is 9.18 Å². The molecule has 0 fully saturated rings. The van der Waals surface area contributed by atoms with Crippen LogP contribution in [0.1, 0.15) is 5.56 Å². The number of amides is 1. The summed E-state index contributed by atoms with van der Waals surface area (Å²) in [5.41, 5.74) is 0.405. The highest BCUT2D eigenvalue weighted by Gasteiger charge is 2.06. The smallest absolute Gasteiger partial charge is 0.224 e. The molecule has 0 atom stereocenters. The Morgan fingerprint density at radius 1 is 1.62 bits per heavy atom. The molecule has 1 aromatic rings. The van der Waals surface area contributed by atoms with E-state index in [4.69, 9.17) is 0 Å². The zero-order valence-corrected chi connectivity index (χ0v) is 8.69. The van der Waals surface area contributed by atoms with Gasteiger partial charge in [0.05, 0.1) is 6.42 Å². The Labute approximate surface area is 84.3 Å². The molecule has 2 nitrogen and oxygen atoms in total. The second-order valence-electron chi connectivity index (χ2n) is 2.59. The molecule has 0 aliphatic rings. The Kier molecular flexibility index (Phi) is 3.42. The molecule has 0 radical (unpaired) electrons. The highest BCUT2D eigenvalue weighted by molar-refractivity contribution is 9.10. The molecule has 4 heteroatoms. The fraction of sp³-hybridized carbons (Fsp3) is 0.222. The maximum Gasteiger partial charge on any atom is 0.224 e. The van der Waals surface area contributed by atoms with Crippen LogP contribution in [-0.4, -0.2) is 13.0 Å². The van der Waals surface area contributed by atoms with E-state index in [0.717, 1.165) is 0 Å². The van der Waals surface area contributed by atoms with Gasteiger partial charge in [-0.15, -0.1) is 0 Å². The number of benzene rings is 1. The molecule has 1 N–H and O–H groups in total. The molecular formula is C9H9BrFNO. The van der Waals surface area contributed by atoms with E-state index in [-0.39, 0.29) is 18.1 Å². The van der Waals surface area contributed by atoms with E-state index in [0.29, 0.717) is 10.0 Å². The van der Waals surface area contributed by atoms with Gasteiger partial charge < -0.3 is 5.32 Å². The summed E-state index contributed by atoms with van der Waals surface area (Å²) in [5.74, 6) is -0.556. The Hall–Kier alpha value is -0.900. The molecule has 1 amide bonds. The van der Waals surface area contributed by atoms with Gasteiger partial charge in [-0.2, -0.15) is 0 Å². The fourth-order valence-electron chi connectivity index (χ4n) is 0.926. The molecular weight excluding hydrogens is 237 g/mol. The highest BCUT2D eigenvalue weighted by Crippen LogP contribution is 2.15. The zero-order valence-electron chi connectivity index (χ0n) is 7.10. The summed E-state index contributed by atoms with van der Waals surface area (Å²) in [6, 6.07) is 4.65. The van der Waals surface area contributed by atoms with Crippen LogP contribution < -0.4 is 5.32 Å². The van der Waals surface area contributed by atoms with Crippen molar-refractivity contribution in [3.63, 3.8) is 0 Å². The van der Waals surface area contributed by atoms with E-state index < -0.39 is 0 Å². The second-order valence-corrected chi connectivity index (χ2v) is 3.50. The summed E-state index contributed by atoms with van der Waals surface area (Å²) in [4.78, 5) is 10.9. The van der Waals surface area contributed by atoms with Crippen molar-refractivity contribution >= 4 is 21.8 Å². The van der Waals surface area contributed by atoms with Crippen LogP contribution in [0.4, 0.5) is 4.39 Å². The van der Waals surface area contributed by atoms with Gasteiger partial charge >= 0.3 is 0 Å². The largest absolute Gasteiger partial charge is 0.359 e. The number of likely N-dealkylation sites (N-methyl/N-ethyl adjacent to an activating group) is 1. The number of nitrogens with one attached hydrogen (secondary N) is 1. The van der Waals surface area contributed by atoms with E-state index in [1.54, 1.807) is 12.1 Å². The van der Waals surface area contributed by atoms with Gasteiger partial charge in [-0.05, 0) is 17.7 Å². The number of carbonyl (C=O) groups excluding carboxylic acids is 1. The minimum atomic E-state index is -0.363. The summed E-state index contributed by atoms with van der Waals surface area (Å²) in [7, 11) is 1.53. The molecule has 0 aliphatic carbocycles. The first kappa shape index (κ1) is 10.2. The molecule has 0 aromatic heterocycles. The van der Waals surface area contributed by atoms with Gasteiger partial charge in [0.25, 0.3) is 0 Å². The third kappa shape index (κ3) is 2.81. The topological polar surface area (TPSA) is 29.1 Å². The van der Waals surface area contributed by atoms with Gasteiger partial charge in [0.1, 0.15) is 5.82 Å². The predicted octanol–water partition coefficient (Wildman–Crippen LogP) is 1.88. The quantitative estimate of drug-likeness (QED) is 0.848. The van der Waals surface area contributed by atoms with Crippen LogP contribution in [0.3, 0.4) is 0 Å². The van der Waals surface area contributed by atoms with Gasteiger partial charge in [-0.3, -0.25) is 4.79 Å². The fourth-order valence-corrected chi connectivity index (χ4v) is 1.26. The maximum atomic E-state index is 13.1. The first-order chi connectivity index (χ1) is 6.13. The molecule has 0 saturated carbocycles. The van der Waals surface area contributed by atoms with Crippen molar-refractivity contribution in [1.29, 1.82) is 0 Å². The van der Waals surface area contributed by atoms with Crippen LogP contribution >= 0.6 is 15.9 Å². The van der Waals surface area contributed by atoms with Crippen LogP contribution in [-0.2, 0) is 11.2 Å². The third-order valence-corrected chi connectivity index (χ3v) is 2.14. The van der Waals surface area contributed by atoms with E-state index >= 15 is 0 Å². The molecule has 0 saturated heterocycles. The number of carbonyl (C=O) groups is 1. The van der Waals surface area contributed by atoms with Gasteiger partial charge in [0.15, 0.2) is 0 Å². The normalized spacial score (nSPS) is 9.77.